The number of aromatic nitrogens is 2. The Bertz CT molecular complexity index is 2730. The smallest absolute Gasteiger partial charge is 0.399 e. The number of hydrogen-bond acceptors (Lipinski definition) is 12. The van der Waals surface area contributed by atoms with Gasteiger partial charge in [-0.3, -0.25) is 0 Å². The standard InChI is InChI=1S/C26H36N4O3.C20H28BF3N2O3.C12H17ClN2O2/c1-5-19-8-9-30(17-19)25(31)27-21-7-6-18(2)22(16-21)20-14-23(26(3,4)32)28-24(15-20)29-10-12-33-13-11-29;1-13-6-7-15(10-16(13)21-28-18(2,3)19(4,5)29-21)25-17(27)26-9-8-14(12-26)11-20(22,23)24;1-12(2,16)10-7-9(13)8-11(14-10)15-3-5-17-6-4-15/h6-7,14-16,19,32H,5,8-13,17H2,1-4H3,(H,27,31);6-7,10,14H,8-9,11-12H2,1-5H3,(H,25,27);7-8,16H,3-6H2,1-2H3/t19-;14-;/m10./s1. The van der Waals surface area contributed by atoms with Gasteiger partial charge in [-0.2, -0.15) is 13.2 Å². The lowest BCUT2D eigenvalue weighted by molar-refractivity contribution is -0.143. The van der Waals surface area contributed by atoms with E-state index in [0.717, 1.165) is 97.1 Å². The van der Waals surface area contributed by atoms with E-state index < -0.39 is 54.1 Å². The maximum absolute atomic E-state index is 12.8. The van der Waals surface area contributed by atoms with Crippen LogP contribution >= 0.6 is 11.6 Å². The fourth-order valence-corrected chi connectivity index (χ4v) is 10.1. The van der Waals surface area contributed by atoms with Crippen LogP contribution in [0.3, 0.4) is 0 Å². The highest BCUT2D eigenvalue weighted by Crippen LogP contribution is 2.38. The van der Waals surface area contributed by atoms with Crippen LogP contribution in [0.2, 0.25) is 5.02 Å². The zero-order chi connectivity index (χ0) is 57.7. The first-order chi connectivity index (χ1) is 37.0. The molecule has 4 N–H and O–H groups in total. The van der Waals surface area contributed by atoms with Gasteiger partial charge in [0.15, 0.2) is 0 Å². The van der Waals surface area contributed by atoms with Gasteiger partial charge >= 0.3 is 25.4 Å². The molecule has 2 aromatic carbocycles. The Kier molecular flexibility index (Phi) is 19.7. The molecular weight excluding hydrogens is 1040 g/mol. The number of ether oxygens (including phenoxy) is 2. The van der Waals surface area contributed by atoms with Crippen LogP contribution in [0.15, 0.2) is 60.7 Å². The first kappa shape index (κ1) is 61.4. The molecule has 0 unspecified atom stereocenters. The molecule has 2 aromatic heterocycles. The van der Waals surface area contributed by atoms with Crippen LogP contribution in [0.1, 0.15) is 111 Å². The molecule has 0 radical (unpaired) electrons. The number of pyridine rings is 2. The number of carbonyl (C=O) groups excluding carboxylic acids is 2. The molecule has 5 aliphatic rings. The molecule has 432 valence electrons. The molecule has 0 bridgehead atoms. The van der Waals surface area contributed by atoms with E-state index in [2.05, 4.69) is 45.3 Å². The predicted octanol–water partition coefficient (Wildman–Crippen LogP) is 10.3. The number of benzene rings is 2. The third-order valence-electron chi connectivity index (χ3n) is 15.6. The van der Waals surface area contributed by atoms with Crippen molar-refractivity contribution >= 4 is 59.3 Å². The van der Waals surface area contributed by atoms with Crippen molar-refractivity contribution in [3.8, 4) is 11.1 Å². The fourth-order valence-electron chi connectivity index (χ4n) is 9.91. The number of rotatable bonds is 10. The summed E-state index contributed by atoms with van der Waals surface area (Å²) < 4.78 is 60.7. The molecule has 21 heteroatoms. The molecule has 4 amide bonds. The number of nitrogens with one attached hydrogen (secondary N) is 2. The molecule has 79 heavy (non-hydrogen) atoms. The van der Waals surface area contributed by atoms with Crippen molar-refractivity contribution in [1.82, 2.24) is 19.8 Å². The second kappa shape index (κ2) is 25.3. The molecule has 0 spiro atoms. The van der Waals surface area contributed by atoms with Crippen molar-refractivity contribution in [3.05, 3.63) is 88.2 Å². The number of halogens is 4. The van der Waals surface area contributed by atoms with Crippen LogP contribution < -0.4 is 25.9 Å². The van der Waals surface area contributed by atoms with E-state index in [1.807, 2.05) is 75.9 Å². The normalized spacial score (nSPS) is 20.3. The van der Waals surface area contributed by atoms with Crippen molar-refractivity contribution in [2.24, 2.45) is 11.8 Å². The second-order valence-electron chi connectivity index (χ2n) is 23.4. The number of nitrogens with zero attached hydrogens (tertiary/aromatic N) is 6. The lowest BCUT2D eigenvalue weighted by atomic mass is 9.76. The highest BCUT2D eigenvalue weighted by molar-refractivity contribution is 6.62. The van der Waals surface area contributed by atoms with Gasteiger partial charge in [0.05, 0.1) is 49.0 Å². The summed E-state index contributed by atoms with van der Waals surface area (Å²) in [5.41, 5.74) is 4.41. The summed E-state index contributed by atoms with van der Waals surface area (Å²) in [5, 5.41) is 27.2. The number of alkyl halides is 3. The van der Waals surface area contributed by atoms with Gasteiger partial charge in [0.1, 0.15) is 22.8 Å². The minimum absolute atomic E-state index is 0.0401. The van der Waals surface area contributed by atoms with Crippen molar-refractivity contribution < 1.29 is 51.8 Å². The molecule has 16 nitrogen and oxygen atoms in total. The monoisotopic (exact) mass is 1120 g/mol. The van der Waals surface area contributed by atoms with E-state index in [1.165, 1.54) is 4.90 Å². The van der Waals surface area contributed by atoms with Crippen LogP contribution in [0.25, 0.3) is 11.1 Å². The lowest BCUT2D eigenvalue weighted by Gasteiger charge is -2.32. The van der Waals surface area contributed by atoms with Crippen LogP contribution in [0.5, 0.6) is 0 Å². The van der Waals surface area contributed by atoms with Gasteiger partial charge in [-0.25, -0.2) is 19.6 Å². The highest BCUT2D eigenvalue weighted by atomic mass is 35.5. The number of anilines is 4. The molecule has 9 rings (SSSR count). The van der Waals surface area contributed by atoms with E-state index in [4.69, 9.17) is 35.4 Å². The molecule has 0 aliphatic carbocycles. The summed E-state index contributed by atoms with van der Waals surface area (Å²) in [7, 11) is -0.556. The molecule has 4 aromatic rings. The number of aliphatic hydroxyl groups is 2. The summed E-state index contributed by atoms with van der Waals surface area (Å²) in [4.78, 5) is 42.2. The number of urea groups is 2. The van der Waals surface area contributed by atoms with Crippen LogP contribution in [0, 0.1) is 25.7 Å². The summed E-state index contributed by atoms with van der Waals surface area (Å²) in [5.74, 6) is 1.70. The van der Waals surface area contributed by atoms with Gasteiger partial charge in [0, 0.05) is 75.2 Å². The number of aryl methyl sites for hydroxylation is 2. The Hall–Kier alpha value is -5.22. The SMILES string of the molecule is CC(C)(O)c1cc(Cl)cc(N2CCOCC2)n1.CC[C@@H]1CCN(C(=O)Nc2ccc(C)c(-c3cc(N4CCOCC4)nc(C(C)(C)O)c3)c2)C1.Cc1ccc(NC(=O)N2CC[C@@H](CC(F)(F)F)C2)cc1B1OC(C)(C)C(C)(C)O1. The maximum atomic E-state index is 12.8. The highest BCUT2D eigenvalue weighted by Gasteiger charge is 2.52. The fraction of sp³-hybridized carbons (Fsp3) is 0.586. The number of likely N-dealkylation sites (tertiary alicyclic amines) is 2. The van der Waals surface area contributed by atoms with Gasteiger partial charge in [0.2, 0.25) is 0 Å². The lowest BCUT2D eigenvalue weighted by Crippen LogP contribution is -2.41. The number of carbonyl (C=O) groups is 2. The van der Waals surface area contributed by atoms with E-state index >= 15 is 0 Å². The zero-order valence-corrected chi connectivity index (χ0v) is 48.6. The van der Waals surface area contributed by atoms with Crippen LogP contribution in [-0.2, 0) is 30.0 Å². The first-order valence-corrected chi connectivity index (χ1v) is 27.9. The number of amides is 4. The molecule has 2 atom stereocenters. The van der Waals surface area contributed by atoms with E-state index in [0.29, 0.717) is 67.4 Å². The molecule has 5 saturated heterocycles. The van der Waals surface area contributed by atoms with Gasteiger partial charge in [-0.15, -0.1) is 0 Å². The molecule has 7 heterocycles. The van der Waals surface area contributed by atoms with Gasteiger partial charge in [-0.05, 0) is 165 Å². The van der Waals surface area contributed by atoms with E-state index in [9.17, 15) is 33.0 Å². The van der Waals surface area contributed by atoms with Crippen molar-refractivity contribution in [2.45, 2.75) is 130 Å². The maximum Gasteiger partial charge on any atom is 0.495 e. The molecule has 5 aliphatic heterocycles. The molecular formula is C58H81BClF3N8O8. The Balaban J connectivity index is 0.000000180. The number of hydrogen-bond donors (Lipinski definition) is 4. The largest absolute Gasteiger partial charge is 0.495 e. The predicted molar refractivity (Wildman–Crippen MR) is 305 cm³/mol. The minimum Gasteiger partial charge on any atom is -0.399 e. The third kappa shape index (κ3) is 16.5. The van der Waals surface area contributed by atoms with Crippen molar-refractivity contribution in [2.75, 3.05) is 99.2 Å². The summed E-state index contributed by atoms with van der Waals surface area (Å²) >= 11 is 6.07. The first-order valence-electron chi connectivity index (χ1n) is 27.5. The Labute approximate surface area is 469 Å². The van der Waals surface area contributed by atoms with Crippen LogP contribution in [-0.4, -0.2) is 145 Å². The van der Waals surface area contributed by atoms with E-state index in [1.54, 1.807) is 45.9 Å². The van der Waals surface area contributed by atoms with Gasteiger partial charge in [0.25, 0.3) is 0 Å². The second-order valence-corrected chi connectivity index (χ2v) is 23.9. The van der Waals surface area contributed by atoms with Crippen LogP contribution in [0.4, 0.5) is 45.8 Å². The summed E-state index contributed by atoms with van der Waals surface area (Å²) in [6.07, 6.45) is -2.52. The van der Waals surface area contributed by atoms with Gasteiger partial charge in [-0.1, -0.05) is 42.6 Å². The zero-order valence-electron chi connectivity index (χ0n) is 47.9. The molecule has 5 fully saturated rings. The quantitative estimate of drug-likeness (QED) is 0.111. The summed E-state index contributed by atoms with van der Waals surface area (Å²) in [6.45, 7) is 28.9. The summed E-state index contributed by atoms with van der Waals surface area (Å²) in [6, 6.07) is 18.6. The minimum atomic E-state index is -4.20. The molecule has 0 saturated carbocycles. The average Bonchev–Trinajstić information content (AvgIpc) is 4.15. The van der Waals surface area contributed by atoms with E-state index in [-0.39, 0.29) is 12.6 Å². The Morgan fingerprint density at radius 1 is 0.684 bits per heavy atom. The van der Waals surface area contributed by atoms with Gasteiger partial charge < -0.3 is 59.2 Å². The Morgan fingerprint density at radius 2 is 1.15 bits per heavy atom. The number of morpholine rings is 2. The Morgan fingerprint density at radius 3 is 1.65 bits per heavy atom. The third-order valence-corrected chi connectivity index (χ3v) is 15.8. The average molecular weight is 1120 g/mol. The topological polar surface area (TPSA) is 174 Å². The van der Waals surface area contributed by atoms with Crippen molar-refractivity contribution in [1.29, 1.82) is 0 Å². The van der Waals surface area contributed by atoms with Crippen molar-refractivity contribution in [3.63, 3.8) is 0 Å².